The molecule has 3 aromatic rings. The average Bonchev–Trinajstić information content (AvgIpc) is 3.05. The van der Waals surface area contributed by atoms with Crippen molar-refractivity contribution in [3.05, 3.63) is 82.9 Å². The smallest absolute Gasteiger partial charge is 0.269 e. The highest BCUT2D eigenvalue weighted by molar-refractivity contribution is 7.99. The minimum Gasteiger partial charge on any atom is -0.298 e. The van der Waals surface area contributed by atoms with Crippen LogP contribution in [0.4, 0.5) is 5.69 Å². The Balaban J connectivity index is 1.90. The quantitative estimate of drug-likeness (QED) is 0.257. The van der Waals surface area contributed by atoms with Gasteiger partial charge in [-0.25, -0.2) is 0 Å². The third-order valence-electron chi connectivity index (χ3n) is 3.89. The molecule has 1 heterocycles. The maximum atomic E-state index is 11.0. The zero-order valence-electron chi connectivity index (χ0n) is 14.3. The highest BCUT2D eigenvalue weighted by Crippen LogP contribution is 2.36. The van der Waals surface area contributed by atoms with E-state index in [0.29, 0.717) is 6.54 Å². The molecule has 0 bridgehead atoms. The minimum absolute atomic E-state index is 0.00807. The predicted molar refractivity (Wildman–Crippen MR) is 103 cm³/mol. The molecule has 0 unspecified atom stereocenters. The Morgan fingerprint density at radius 3 is 2.69 bits per heavy atom. The third-order valence-corrected chi connectivity index (χ3v) is 5.03. The van der Waals surface area contributed by atoms with Crippen LogP contribution < -0.4 is 0 Å². The summed E-state index contributed by atoms with van der Waals surface area (Å²) in [6.07, 6.45) is 1.80. The number of hydrogen-bond donors (Lipinski definition) is 0. The molecule has 0 fully saturated rings. The maximum absolute atomic E-state index is 11.0. The van der Waals surface area contributed by atoms with E-state index in [-0.39, 0.29) is 15.9 Å². The van der Waals surface area contributed by atoms with E-state index >= 15 is 0 Å². The van der Waals surface area contributed by atoms with Gasteiger partial charge in [0.2, 0.25) is 0 Å². The van der Waals surface area contributed by atoms with E-state index in [1.807, 2.05) is 47.9 Å². The number of thioether (sulfide) groups is 1. The summed E-state index contributed by atoms with van der Waals surface area (Å²) in [7, 11) is 0. The van der Waals surface area contributed by atoms with Crippen molar-refractivity contribution >= 4 is 17.4 Å². The van der Waals surface area contributed by atoms with Crippen molar-refractivity contribution < 1.29 is 4.92 Å². The fourth-order valence-electron chi connectivity index (χ4n) is 2.59. The number of nitro benzene ring substituents is 1. The van der Waals surface area contributed by atoms with Gasteiger partial charge < -0.3 is 0 Å². The zero-order chi connectivity index (χ0) is 18.5. The second-order valence-corrected chi connectivity index (χ2v) is 6.99. The number of nitrogens with zero attached hydrogens (tertiary/aromatic N) is 4. The lowest BCUT2D eigenvalue weighted by Gasteiger charge is -2.12. The molecule has 0 aliphatic heterocycles. The molecule has 0 aliphatic rings. The van der Waals surface area contributed by atoms with Crippen molar-refractivity contribution in [3.8, 4) is 11.4 Å². The first-order chi connectivity index (χ1) is 12.6. The lowest BCUT2D eigenvalue weighted by atomic mass is 10.1. The molecule has 0 amide bonds. The molecule has 1 aromatic heterocycles. The van der Waals surface area contributed by atoms with Crippen LogP contribution in [0.3, 0.4) is 0 Å². The minimum atomic E-state index is -0.380. The molecule has 132 valence electrons. The number of allylic oxidation sites excluding steroid dienone is 1. The first-order valence-electron chi connectivity index (χ1n) is 8.10. The maximum Gasteiger partial charge on any atom is 0.269 e. The molecule has 3 rings (SSSR count). The Morgan fingerprint density at radius 1 is 1.23 bits per heavy atom. The van der Waals surface area contributed by atoms with Crippen LogP contribution in [-0.4, -0.2) is 19.7 Å². The van der Waals surface area contributed by atoms with E-state index in [2.05, 4.69) is 16.8 Å². The molecule has 0 aliphatic carbocycles. The summed E-state index contributed by atoms with van der Waals surface area (Å²) < 4.78 is 2.00. The van der Waals surface area contributed by atoms with E-state index in [9.17, 15) is 10.1 Å². The van der Waals surface area contributed by atoms with Crippen LogP contribution in [0.2, 0.25) is 0 Å². The average molecular weight is 366 g/mol. The van der Waals surface area contributed by atoms with E-state index in [4.69, 9.17) is 0 Å². The van der Waals surface area contributed by atoms with Crippen LogP contribution in [-0.2, 0) is 6.54 Å². The summed E-state index contributed by atoms with van der Waals surface area (Å²) in [6, 6.07) is 16.5. The van der Waals surface area contributed by atoms with Gasteiger partial charge in [0.25, 0.3) is 5.69 Å². The van der Waals surface area contributed by atoms with Crippen LogP contribution in [0.5, 0.6) is 0 Å². The van der Waals surface area contributed by atoms with E-state index in [1.165, 1.54) is 17.8 Å². The summed E-state index contributed by atoms with van der Waals surface area (Å²) in [6.45, 7) is 6.40. The molecule has 0 saturated heterocycles. The number of aromatic nitrogens is 3. The fourth-order valence-corrected chi connectivity index (χ4v) is 3.56. The largest absolute Gasteiger partial charge is 0.298 e. The number of rotatable bonds is 7. The van der Waals surface area contributed by atoms with Crippen LogP contribution in [0.25, 0.3) is 11.4 Å². The summed E-state index contributed by atoms with van der Waals surface area (Å²) in [5.41, 5.74) is 1.95. The van der Waals surface area contributed by atoms with E-state index < -0.39 is 0 Å². The molecular weight excluding hydrogens is 348 g/mol. The topological polar surface area (TPSA) is 73.8 Å². The second kappa shape index (κ2) is 7.97. The van der Waals surface area contributed by atoms with Crippen molar-refractivity contribution in [2.24, 2.45) is 0 Å². The Hall–Kier alpha value is -2.93. The Morgan fingerprint density at radius 2 is 2.00 bits per heavy atom. The molecular formula is C19H18N4O2S. The zero-order valence-corrected chi connectivity index (χ0v) is 15.1. The third kappa shape index (κ3) is 3.83. The molecule has 6 nitrogen and oxygen atoms in total. The molecule has 0 radical (unpaired) electrons. The van der Waals surface area contributed by atoms with Crippen molar-refractivity contribution in [1.82, 2.24) is 14.8 Å². The summed E-state index contributed by atoms with van der Waals surface area (Å²) >= 11 is 1.52. The first kappa shape index (κ1) is 17.9. The SMILES string of the molecule is C=CCn1c(S[C@@H](C)c2cccc([N+](=O)[O-])c2)nnc1-c1ccccc1. The Kier molecular flexibility index (Phi) is 5.48. The highest BCUT2D eigenvalue weighted by atomic mass is 32.2. The molecule has 2 aromatic carbocycles. The van der Waals surface area contributed by atoms with Crippen LogP contribution in [0.15, 0.2) is 72.4 Å². The van der Waals surface area contributed by atoms with Gasteiger partial charge in [-0.3, -0.25) is 14.7 Å². The monoisotopic (exact) mass is 366 g/mol. The Bertz CT molecular complexity index is 924. The molecule has 1 atom stereocenters. The summed E-state index contributed by atoms with van der Waals surface area (Å²) in [5, 5.41) is 20.4. The van der Waals surface area contributed by atoms with Crippen LogP contribution >= 0.6 is 11.8 Å². The van der Waals surface area contributed by atoms with Gasteiger partial charge in [-0.15, -0.1) is 16.8 Å². The van der Waals surface area contributed by atoms with Gasteiger partial charge in [-0.2, -0.15) is 0 Å². The van der Waals surface area contributed by atoms with Gasteiger partial charge in [0.05, 0.1) is 4.92 Å². The number of nitro groups is 1. The van der Waals surface area contributed by atoms with E-state index in [1.54, 1.807) is 18.2 Å². The molecule has 0 N–H and O–H groups in total. The van der Waals surface area contributed by atoms with Crippen molar-refractivity contribution in [2.45, 2.75) is 23.9 Å². The highest BCUT2D eigenvalue weighted by Gasteiger charge is 2.18. The fraction of sp³-hybridized carbons (Fsp3) is 0.158. The number of hydrogen-bond acceptors (Lipinski definition) is 5. The molecule has 0 saturated carbocycles. The predicted octanol–water partition coefficient (Wildman–Crippen LogP) is 4.89. The normalized spacial score (nSPS) is 11.9. The van der Waals surface area contributed by atoms with Crippen LogP contribution in [0, 0.1) is 10.1 Å². The van der Waals surface area contributed by atoms with Gasteiger partial charge in [-0.05, 0) is 12.5 Å². The van der Waals surface area contributed by atoms with E-state index in [0.717, 1.165) is 22.1 Å². The lowest BCUT2D eigenvalue weighted by molar-refractivity contribution is -0.384. The first-order valence-corrected chi connectivity index (χ1v) is 8.98. The van der Waals surface area contributed by atoms with Gasteiger partial charge in [-0.1, -0.05) is 60.3 Å². The van der Waals surface area contributed by atoms with Crippen LogP contribution in [0.1, 0.15) is 17.7 Å². The lowest BCUT2D eigenvalue weighted by Crippen LogP contribution is -2.01. The number of non-ortho nitro benzene ring substituents is 1. The van der Waals surface area contributed by atoms with Crippen molar-refractivity contribution in [3.63, 3.8) is 0 Å². The Labute approximate surface area is 155 Å². The molecule has 0 spiro atoms. The van der Waals surface area contributed by atoms with Gasteiger partial charge in [0, 0.05) is 29.5 Å². The molecule has 7 heteroatoms. The van der Waals surface area contributed by atoms with Gasteiger partial charge in [0.15, 0.2) is 11.0 Å². The van der Waals surface area contributed by atoms with Gasteiger partial charge >= 0.3 is 0 Å². The standard InChI is InChI=1S/C19H18N4O2S/c1-3-12-22-18(15-8-5-4-6-9-15)20-21-19(22)26-14(2)16-10-7-11-17(13-16)23(24)25/h3-11,13-14H,1,12H2,2H3/t14-/m0/s1. The summed E-state index contributed by atoms with van der Waals surface area (Å²) in [5.74, 6) is 0.777. The molecule has 26 heavy (non-hydrogen) atoms. The van der Waals surface area contributed by atoms with Crippen molar-refractivity contribution in [1.29, 1.82) is 0 Å². The second-order valence-electron chi connectivity index (χ2n) is 5.68. The van der Waals surface area contributed by atoms with Crippen molar-refractivity contribution in [2.75, 3.05) is 0 Å². The number of benzene rings is 2. The van der Waals surface area contributed by atoms with Gasteiger partial charge in [0.1, 0.15) is 0 Å². The summed E-state index contributed by atoms with van der Waals surface area (Å²) in [4.78, 5) is 10.6.